The lowest BCUT2D eigenvalue weighted by Gasteiger charge is -2.12. The van der Waals surface area contributed by atoms with Crippen LogP contribution in [0.5, 0.6) is 0 Å². The van der Waals surface area contributed by atoms with Crippen molar-refractivity contribution in [3.8, 4) is 11.1 Å². The molecule has 0 saturated carbocycles. The molecule has 0 aromatic heterocycles. The summed E-state index contributed by atoms with van der Waals surface area (Å²) < 4.78 is 27.1. The Labute approximate surface area is 110 Å². The molecule has 19 heavy (non-hydrogen) atoms. The Kier molecular flexibility index (Phi) is 3.90. The zero-order valence-electron chi connectivity index (χ0n) is 10.4. The van der Waals surface area contributed by atoms with E-state index >= 15 is 0 Å². The van der Waals surface area contributed by atoms with Gasteiger partial charge in [-0.1, -0.05) is 24.3 Å². The Bertz CT molecular complexity index is 598. The average molecular weight is 261 g/mol. The molecule has 0 aliphatic rings. The molecular formula is C15H13F2NO. The van der Waals surface area contributed by atoms with E-state index in [0.717, 1.165) is 0 Å². The van der Waals surface area contributed by atoms with Crippen molar-refractivity contribution in [1.29, 1.82) is 0 Å². The van der Waals surface area contributed by atoms with Crippen molar-refractivity contribution in [1.82, 2.24) is 5.32 Å². The lowest BCUT2D eigenvalue weighted by Crippen LogP contribution is -2.17. The molecule has 0 fully saturated rings. The average Bonchev–Trinajstić information content (AvgIpc) is 2.38. The smallest absolute Gasteiger partial charge is 0.207 e. The van der Waals surface area contributed by atoms with Gasteiger partial charge in [0.25, 0.3) is 0 Å². The van der Waals surface area contributed by atoms with E-state index in [2.05, 4.69) is 5.32 Å². The van der Waals surface area contributed by atoms with Gasteiger partial charge in [0, 0.05) is 5.56 Å². The maximum atomic E-state index is 14.0. The molecule has 2 aromatic rings. The van der Waals surface area contributed by atoms with E-state index in [1.54, 1.807) is 31.2 Å². The fraction of sp³-hybridized carbons (Fsp3) is 0.133. The van der Waals surface area contributed by atoms with Crippen LogP contribution >= 0.6 is 0 Å². The van der Waals surface area contributed by atoms with Gasteiger partial charge < -0.3 is 5.32 Å². The van der Waals surface area contributed by atoms with Gasteiger partial charge in [-0.3, -0.25) is 4.79 Å². The number of halogens is 2. The summed E-state index contributed by atoms with van der Waals surface area (Å²) in [4.78, 5) is 10.4. The minimum absolute atomic E-state index is 0.363. The first kappa shape index (κ1) is 13.2. The standard InChI is InChI=1S/C15H13F2NO/c1-10(18-9-19)14-6-5-12(8-15(14)17)11-3-2-4-13(16)7-11/h2-10H,1H3,(H,18,19). The SMILES string of the molecule is CC(NC=O)c1ccc(-c2cccc(F)c2)cc1F. The van der Waals surface area contributed by atoms with Crippen LogP contribution in [-0.2, 0) is 4.79 Å². The predicted octanol–water partition coefficient (Wildman–Crippen LogP) is 3.44. The van der Waals surface area contributed by atoms with E-state index in [0.29, 0.717) is 23.1 Å². The number of carbonyl (C=O) groups excluding carboxylic acids is 1. The van der Waals surface area contributed by atoms with Crippen LogP contribution in [0.2, 0.25) is 0 Å². The van der Waals surface area contributed by atoms with Crippen molar-refractivity contribution >= 4 is 6.41 Å². The molecule has 1 N–H and O–H groups in total. The quantitative estimate of drug-likeness (QED) is 0.839. The van der Waals surface area contributed by atoms with E-state index in [9.17, 15) is 13.6 Å². The third kappa shape index (κ3) is 2.96. The minimum Gasteiger partial charge on any atom is -0.352 e. The Morgan fingerprint density at radius 3 is 2.47 bits per heavy atom. The fourth-order valence-corrected chi connectivity index (χ4v) is 1.92. The van der Waals surface area contributed by atoms with Crippen LogP contribution in [0.4, 0.5) is 8.78 Å². The molecular weight excluding hydrogens is 248 g/mol. The first-order valence-corrected chi connectivity index (χ1v) is 5.87. The van der Waals surface area contributed by atoms with Gasteiger partial charge in [0.2, 0.25) is 6.41 Å². The molecule has 0 bridgehead atoms. The van der Waals surface area contributed by atoms with Crippen LogP contribution in [-0.4, -0.2) is 6.41 Å². The van der Waals surface area contributed by atoms with Crippen molar-refractivity contribution in [2.24, 2.45) is 0 Å². The van der Waals surface area contributed by atoms with Gasteiger partial charge in [-0.15, -0.1) is 0 Å². The highest BCUT2D eigenvalue weighted by Crippen LogP contribution is 2.25. The largest absolute Gasteiger partial charge is 0.352 e. The Morgan fingerprint density at radius 2 is 1.84 bits per heavy atom. The van der Waals surface area contributed by atoms with Gasteiger partial charge >= 0.3 is 0 Å². The third-order valence-electron chi connectivity index (χ3n) is 2.94. The van der Waals surface area contributed by atoms with Crippen molar-refractivity contribution in [3.63, 3.8) is 0 Å². The van der Waals surface area contributed by atoms with E-state index in [4.69, 9.17) is 0 Å². The first-order valence-electron chi connectivity index (χ1n) is 5.87. The summed E-state index contributed by atoms with van der Waals surface area (Å²) in [5, 5.41) is 2.49. The summed E-state index contributed by atoms with van der Waals surface area (Å²) in [5.41, 5.74) is 1.60. The number of rotatable bonds is 4. The zero-order valence-corrected chi connectivity index (χ0v) is 10.4. The number of carbonyl (C=O) groups is 1. The van der Waals surface area contributed by atoms with Crippen LogP contribution in [0.25, 0.3) is 11.1 Å². The maximum Gasteiger partial charge on any atom is 0.207 e. The molecule has 0 aliphatic carbocycles. The van der Waals surface area contributed by atoms with Gasteiger partial charge in [-0.05, 0) is 36.2 Å². The molecule has 0 radical (unpaired) electrons. The lowest BCUT2D eigenvalue weighted by atomic mass is 10.0. The van der Waals surface area contributed by atoms with Gasteiger partial charge in [-0.2, -0.15) is 0 Å². The molecule has 4 heteroatoms. The van der Waals surface area contributed by atoms with Crippen LogP contribution in [0.1, 0.15) is 18.5 Å². The predicted molar refractivity (Wildman–Crippen MR) is 69.4 cm³/mol. The Balaban J connectivity index is 2.36. The number of hydrogen-bond donors (Lipinski definition) is 1. The summed E-state index contributed by atoms with van der Waals surface area (Å²) >= 11 is 0. The summed E-state index contributed by atoms with van der Waals surface area (Å²) in [7, 11) is 0. The second-order valence-electron chi connectivity index (χ2n) is 4.25. The highest BCUT2D eigenvalue weighted by molar-refractivity contribution is 5.64. The number of nitrogens with one attached hydrogen (secondary N) is 1. The van der Waals surface area contributed by atoms with Gasteiger partial charge in [0.15, 0.2) is 0 Å². The monoisotopic (exact) mass is 261 g/mol. The van der Waals surface area contributed by atoms with E-state index in [1.807, 2.05) is 0 Å². The normalized spacial score (nSPS) is 11.9. The molecule has 0 spiro atoms. The topological polar surface area (TPSA) is 29.1 Å². The summed E-state index contributed by atoms with van der Waals surface area (Å²) in [6.07, 6.45) is 0.532. The highest BCUT2D eigenvalue weighted by Gasteiger charge is 2.11. The molecule has 2 aromatic carbocycles. The molecule has 1 unspecified atom stereocenters. The number of amides is 1. The molecule has 1 amide bonds. The second-order valence-corrected chi connectivity index (χ2v) is 4.25. The number of benzene rings is 2. The van der Waals surface area contributed by atoms with Crippen molar-refractivity contribution in [2.45, 2.75) is 13.0 Å². The summed E-state index contributed by atoms with van der Waals surface area (Å²) in [5.74, 6) is -0.790. The van der Waals surface area contributed by atoms with Gasteiger partial charge in [0.1, 0.15) is 11.6 Å². The van der Waals surface area contributed by atoms with Crippen LogP contribution in [0.15, 0.2) is 42.5 Å². The molecule has 0 saturated heterocycles. The molecule has 2 rings (SSSR count). The molecule has 1 atom stereocenters. The summed E-state index contributed by atoms with van der Waals surface area (Å²) in [6, 6.07) is 10.2. The maximum absolute atomic E-state index is 14.0. The van der Waals surface area contributed by atoms with E-state index in [-0.39, 0.29) is 5.82 Å². The van der Waals surface area contributed by atoms with Gasteiger partial charge in [-0.25, -0.2) is 8.78 Å². The van der Waals surface area contributed by atoms with Crippen molar-refractivity contribution in [3.05, 3.63) is 59.7 Å². The van der Waals surface area contributed by atoms with Crippen LogP contribution in [0.3, 0.4) is 0 Å². The minimum atomic E-state index is -0.427. The van der Waals surface area contributed by atoms with E-state index in [1.165, 1.54) is 18.2 Å². The van der Waals surface area contributed by atoms with Crippen molar-refractivity contribution < 1.29 is 13.6 Å². The second kappa shape index (κ2) is 5.61. The first-order chi connectivity index (χ1) is 9.11. The van der Waals surface area contributed by atoms with E-state index < -0.39 is 11.9 Å². The van der Waals surface area contributed by atoms with Crippen LogP contribution < -0.4 is 5.32 Å². The molecule has 98 valence electrons. The van der Waals surface area contributed by atoms with Gasteiger partial charge in [0.05, 0.1) is 6.04 Å². The van der Waals surface area contributed by atoms with Crippen LogP contribution in [0, 0.1) is 11.6 Å². The summed E-state index contributed by atoms with van der Waals surface area (Å²) in [6.45, 7) is 1.69. The lowest BCUT2D eigenvalue weighted by molar-refractivity contribution is -0.110. The molecule has 2 nitrogen and oxygen atoms in total. The molecule has 0 heterocycles. The number of hydrogen-bond acceptors (Lipinski definition) is 1. The highest BCUT2D eigenvalue weighted by atomic mass is 19.1. The fourth-order valence-electron chi connectivity index (χ4n) is 1.92. The Hall–Kier alpha value is -2.23. The third-order valence-corrected chi connectivity index (χ3v) is 2.94. The van der Waals surface area contributed by atoms with Crippen molar-refractivity contribution in [2.75, 3.05) is 0 Å². The molecule has 0 aliphatic heterocycles. The Morgan fingerprint density at radius 1 is 1.11 bits per heavy atom. The zero-order chi connectivity index (χ0) is 13.8.